The Labute approximate surface area is 65.9 Å². The van der Waals surface area contributed by atoms with Crippen LogP contribution in [0.3, 0.4) is 0 Å². The van der Waals surface area contributed by atoms with E-state index in [4.69, 9.17) is 0 Å². The molecular formula is C7H11N3O. The van der Waals surface area contributed by atoms with Gasteiger partial charge >= 0.3 is 0 Å². The number of aliphatic imine (C=N–C) groups is 1. The number of rotatable bonds is 4. The molecule has 0 unspecified atom stereocenters. The normalized spacial score (nSPS) is 10.1. The van der Waals surface area contributed by atoms with Crippen LogP contribution in [0, 0.1) is 0 Å². The maximum Gasteiger partial charge on any atom is 0.226 e. The van der Waals surface area contributed by atoms with Gasteiger partial charge in [-0.15, -0.1) is 0 Å². The molecule has 0 fully saturated rings. The van der Waals surface area contributed by atoms with Crippen LogP contribution in [0.1, 0.15) is 0 Å². The Bertz CT molecular complexity index is 186. The van der Waals surface area contributed by atoms with Gasteiger partial charge in [-0.05, 0) is 6.08 Å². The maximum absolute atomic E-state index is 10.0. The van der Waals surface area contributed by atoms with Crippen molar-refractivity contribution in [1.29, 1.82) is 0 Å². The van der Waals surface area contributed by atoms with Crippen LogP contribution in [0.2, 0.25) is 0 Å². The summed E-state index contributed by atoms with van der Waals surface area (Å²) in [6, 6.07) is 0. The summed E-state index contributed by atoms with van der Waals surface area (Å²) in [5, 5.41) is 1.36. The monoisotopic (exact) mass is 153 g/mol. The molecule has 0 atom stereocenters. The quantitative estimate of drug-likeness (QED) is 0.273. The first kappa shape index (κ1) is 9.42. The summed E-state index contributed by atoms with van der Waals surface area (Å²) in [6.45, 7) is 6.98. The molecule has 0 bridgehead atoms. The summed E-state index contributed by atoms with van der Waals surface area (Å²) < 4.78 is 0. The van der Waals surface area contributed by atoms with E-state index in [2.05, 4.69) is 23.6 Å². The first-order chi connectivity index (χ1) is 5.29. The van der Waals surface area contributed by atoms with Crippen LogP contribution in [-0.4, -0.2) is 24.3 Å². The molecule has 0 saturated heterocycles. The smallest absolute Gasteiger partial charge is 0.226 e. The fraction of sp³-hybridized carbons (Fsp3) is 0.143. The van der Waals surface area contributed by atoms with Gasteiger partial charge < -0.3 is 0 Å². The van der Waals surface area contributed by atoms with Crippen molar-refractivity contribution in [3.05, 3.63) is 25.4 Å². The number of hydrogen-bond acceptors (Lipinski definition) is 2. The number of amidine groups is 1. The number of hydrazine groups is 1. The molecule has 0 aliphatic carbocycles. The third kappa shape index (κ3) is 2.66. The predicted octanol–water partition coefficient (Wildman–Crippen LogP) is 0.307. The molecule has 1 N–H and O–H groups in total. The van der Waals surface area contributed by atoms with Crippen LogP contribution in [0.5, 0.6) is 0 Å². The van der Waals surface area contributed by atoms with Crippen molar-refractivity contribution in [1.82, 2.24) is 10.4 Å². The Morgan fingerprint density at radius 1 is 1.64 bits per heavy atom. The fourth-order valence-electron chi connectivity index (χ4n) is 0.567. The van der Waals surface area contributed by atoms with Gasteiger partial charge in [0.2, 0.25) is 6.41 Å². The minimum absolute atomic E-state index is 0.534. The average molecular weight is 153 g/mol. The largest absolute Gasteiger partial charge is 0.277 e. The van der Waals surface area contributed by atoms with E-state index in [1.165, 1.54) is 17.3 Å². The van der Waals surface area contributed by atoms with Crippen LogP contribution in [0.15, 0.2) is 30.4 Å². The highest BCUT2D eigenvalue weighted by atomic mass is 16.1. The molecule has 0 spiro atoms. The van der Waals surface area contributed by atoms with Crippen LogP contribution in [0.4, 0.5) is 0 Å². The van der Waals surface area contributed by atoms with Gasteiger partial charge in [0.05, 0.1) is 0 Å². The molecule has 4 nitrogen and oxygen atoms in total. The average Bonchev–Trinajstić information content (AvgIpc) is 2.05. The van der Waals surface area contributed by atoms with E-state index >= 15 is 0 Å². The van der Waals surface area contributed by atoms with E-state index in [1.807, 2.05) is 0 Å². The van der Waals surface area contributed by atoms with Crippen molar-refractivity contribution in [3.63, 3.8) is 0 Å². The molecule has 0 aromatic rings. The number of hydrogen-bond donors (Lipinski definition) is 1. The van der Waals surface area contributed by atoms with Crippen LogP contribution in [0.25, 0.3) is 0 Å². The molecule has 0 radical (unpaired) electrons. The Kier molecular flexibility index (Phi) is 4.47. The second-order valence-electron chi connectivity index (χ2n) is 1.59. The van der Waals surface area contributed by atoms with Gasteiger partial charge in [-0.1, -0.05) is 13.2 Å². The van der Waals surface area contributed by atoms with Gasteiger partial charge in [0.25, 0.3) is 0 Å². The Balaban J connectivity index is 4.32. The molecule has 60 valence electrons. The van der Waals surface area contributed by atoms with Crippen LogP contribution >= 0.6 is 0 Å². The lowest BCUT2D eigenvalue weighted by Gasteiger charge is -2.16. The van der Waals surface area contributed by atoms with Gasteiger partial charge in [0.15, 0.2) is 0 Å². The van der Waals surface area contributed by atoms with E-state index < -0.39 is 0 Å². The third-order valence-electron chi connectivity index (χ3n) is 1.03. The van der Waals surface area contributed by atoms with Gasteiger partial charge in [0, 0.05) is 13.2 Å². The summed E-state index contributed by atoms with van der Waals surface area (Å²) in [4.78, 5) is 13.8. The van der Waals surface area contributed by atoms with Crippen LogP contribution < -0.4 is 5.43 Å². The summed E-state index contributed by atoms with van der Waals surface area (Å²) in [6.07, 6.45) is 3.48. The van der Waals surface area contributed by atoms with Crippen molar-refractivity contribution in [2.75, 3.05) is 7.05 Å². The van der Waals surface area contributed by atoms with Crippen LogP contribution in [-0.2, 0) is 4.79 Å². The second-order valence-corrected chi connectivity index (χ2v) is 1.59. The molecule has 0 heterocycles. The Morgan fingerprint density at radius 3 is 2.55 bits per heavy atom. The molecule has 1 amide bonds. The highest BCUT2D eigenvalue weighted by Gasteiger charge is 1.99. The third-order valence-corrected chi connectivity index (χ3v) is 1.03. The summed E-state index contributed by atoms with van der Waals surface area (Å²) in [5.74, 6) is 0.534. The SMILES string of the molecule is C=CC(=NC)N(C=C)NC=O. The van der Waals surface area contributed by atoms with E-state index in [0.717, 1.165) is 0 Å². The fourth-order valence-corrected chi connectivity index (χ4v) is 0.567. The van der Waals surface area contributed by atoms with Gasteiger partial charge in [0.1, 0.15) is 5.84 Å². The highest BCUT2D eigenvalue weighted by molar-refractivity contribution is 5.93. The van der Waals surface area contributed by atoms with Crippen molar-refractivity contribution >= 4 is 12.2 Å². The minimum Gasteiger partial charge on any atom is -0.277 e. The van der Waals surface area contributed by atoms with Crippen molar-refractivity contribution in [3.8, 4) is 0 Å². The van der Waals surface area contributed by atoms with Crippen molar-refractivity contribution in [2.24, 2.45) is 4.99 Å². The molecule has 0 saturated carbocycles. The predicted molar refractivity (Wildman–Crippen MR) is 44.8 cm³/mol. The number of nitrogens with one attached hydrogen (secondary N) is 1. The lowest BCUT2D eigenvalue weighted by atomic mass is 10.5. The van der Waals surface area contributed by atoms with E-state index in [0.29, 0.717) is 12.2 Å². The molecule has 4 heteroatoms. The minimum atomic E-state index is 0.534. The zero-order valence-electron chi connectivity index (χ0n) is 6.45. The van der Waals surface area contributed by atoms with Gasteiger partial charge in [-0.2, -0.15) is 0 Å². The molecule has 0 aromatic heterocycles. The second kappa shape index (κ2) is 5.22. The van der Waals surface area contributed by atoms with Gasteiger partial charge in [-0.25, -0.2) is 5.01 Å². The first-order valence-corrected chi connectivity index (χ1v) is 3.01. The molecule has 0 aliphatic rings. The Morgan fingerprint density at radius 2 is 2.27 bits per heavy atom. The standard InChI is InChI=1S/C7H11N3O/c1-4-7(8-3)10(5-2)9-6-11/h4-6H,1-2H2,3H3,(H,9,11). The number of carbonyl (C=O) groups is 1. The number of carbonyl (C=O) groups excluding carboxylic acids is 1. The lowest BCUT2D eigenvalue weighted by Crippen LogP contribution is -2.36. The molecule has 0 aliphatic heterocycles. The zero-order valence-corrected chi connectivity index (χ0v) is 6.45. The summed E-state index contributed by atoms with van der Waals surface area (Å²) >= 11 is 0. The Hall–Kier alpha value is -1.58. The molecule has 0 rings (SSSR count). The van der Waals surface area contributed by atoms with Gasteiger partial charge in [-0.3, -0.25) is 15.2 Å². The highest BCUT2D eigenvalue weighted by Crippen LogP contribution is 1.87. The van der Waals surface area contributed by atoms with E-state index in [-0.39, 0.29) is 0 Å². The van der Waals surface area contributed by atoms with E-state index in [9.17, 15) is 4.79 Å². The van der Waals surface area contributed by atoms with Crippen molar-refractivity contribution in [2.45, 2.75) is 0 Å². The first-order valence-electron chi connectivity index (χ1n) is 3.01. The molecule has 11 heavy (non-hydrogen) atoms. The molecular weight excluding hydrogens is 142 g/mol. The van der Waals surface area contributed by atoms with Crippen molar-refractivity contribution < 1.29 is 4.79 Å². The summed E-state index contributed by atoms with van der Waals surface area (Å²) in [7, 11) is 1.60. The number of nitrogens with zero attached hydrogens (tertiary/aromatic N) is 2. The topological polar surface area (TPSA) is 44.7 Å². The molecule has 0 aromatic carbocycles. The summed E-state index contributed by atoms with van der Waals surface area (Å²) in [5.41, 5.74) is 2.37. The zero-order chi connectivity index (χ0) is 8.69. The maximum atomic E-state index is 10.0. The lowest BCUT2D eigenvalue weighted by molar-refractivity contribution is -0.111. The number of amides is 1. The van der Waals surface area contributed by atoms with E-state index in [1.54, 1.807) is 7.05 Å².